The van der Waals surface area contributed by atoms with Gasteiger partial charge in [-0.25, -0.2) is 9.97 Å². The lowest BCUT2D eigenvalue weighted by Crippen LogP contribution is -2.35. The Morgan fingerprint density at radius 2 is 1.75 bits per heavy atom. The smallest absolute Gasteiger partial charge is 0.157 e. The Balaban J connectivity index is 1.73. The van der Waals surface area contributed by atoms with Crippen molar-refractivity contribution in [3.63, 3.8) is 0 Å². The van der Waals surface area contributed by atoms with Crippen molar-refractivity contribution in [1.29, 1.82) is 0 Å². The maximum absolute atomic E-state index is 5.86. The number of rotatable bonds is 10. The molecular formula is C26H39N5O. The van der Waals surface area contributed by atoms with Gasteiger partial charge in [-0.15, -0.1) is 0 Å². The zero-order valence-electron chi connectivity index (χ0n) is 20.7. The fraction of sp³-hybridized carbons (Fsp3) is 0.538. The average molecular weight is 438 g/mol. The van der Waals surface area contributed by atoms with Gasteiger partial charge in [0.1, 0.15) is 17.2 Å². The van der Waals surface area contributed by atoms with Gasteiger partial charge in [0.25, 0.3) is 0 Å². The van der Waals surface area contributed by atoms with E-state index in [1.165, 1.54) is 5.56 Å². The van der Waals surface area contributed by atoms with Gasteiger partial charge in [0.15, 0.2) is 5.82 Å². The Hall–Kier alpha value is -2.60. The monoisotopic (exact) mass is 437 g/mol. The van der Waals surface area contributed by atoms with Crippen LogP contribution in [0.15, 0.2) is 36.4 Å². The van der Waals surface area contributed by atoms with E-state index in [9.17, 15) is 0 Å². The molecule has 0 atom stereocenters. The first kappa shape index (κ1) is 24.1. The SMILES string of the molecule is CNc1cc2c(nc(CCCOCc3ccccc3)n2C)c(NC(C)(C)CC(C)(C)C)n1. The second kappa shape index (κ2) is 9.90. The normalized spacial score (nSPS) is 12.3. The van der Waals surface area contributed by atoms with E-state index < -0.39 is 0 Å². The molecule has 0 fully saturated rings. The molecule has 2 heterocycles. The van der Waals surface area contributed by atoms with Crippen molar-refractivity contribution in [1.82, 2.24) is 14.5 Å². The largest absolute Gasteiger partial charge is 0.377 e. The Morgan fingerprint density at radius 3 is 2.41 bits per heavy atom. The van der Waals surface area contributed by atoms with E-state index in [0.29, 0.717) is 13.2 Å². The zero-order valence-corrected chi connectivity index (χ0v) is 20.7. The lowest BCUT2D eigenvalue weighted by molar-refractivity contribution is 0.118. The number of aromatic nitrogens is 3. The Labute approximate surface area is 192 Å². The fourth-order valence-electron chi connectivity index (χ4n) is 4.46. The molecule has 6 heteroatoms. The predicted molar refractivity (Wildman–Crippen MR) is 134 cm³/mol. The number of anilines is 2. The molecule has 2 N–H and O–H groups in total. The van der Waals surface area contributed by atoms with Crippen LogP contribution in [0.1, 0.15) is 58.8 Å². The summed E-state index contributed by atoms with van der Waals surface area (Å²) in [5.74, 6) is 2.73. The van der Waals surface area contributed by atoms with Crippen LogP contribution in [-0.2, 0) is 24.8 Å². The van der Waals surface area contributed by atoms with E-state index in [2.05, 4.69) is 75.1 Å². The summed E-state index contributed by atoms with van der Waals surface area (Å²) in [6.07, 6.45) is 2.81. The molecular weight excluding hydrogens is 398 g/mol. The summed E-state index contributed by atoms with van der Waals surface area (Å²) >= 11 is 0. The van der Waals surface area contributed by atoms with Crippen molar-refractivity contribution >= 4 is 22.7 Å². The maximum atomic E-state index is 5.86. The number of nitrogens with one attached hydrogen (secondary N) is 2. The van der Waals surface area contributed by atoms with Crippen LogP contribution >= 0.6 is 0 Å². The molecule has 2 aromatic heterocycles. The van der Waals surface area contributed by atoms with E-state index in [1.807, 2.05) is 25.2 Å². The van der Waals surface area contributed by atoms with Crippen molar-refractivity contribution < 1.29 is 4.74 Å². The average Bonchev–Trinajstić information content (AvgIpc) is 3.02. The Morgan fingerprint density at radius 1 is 1.03 bits per heavy atom. The highest BCUT2D eigenvalue weighted by Gasteiger charge is 2.27. The molecule has 0 aliphatic carbocycles. The molecule has 0 radical (unpaired) electrons. The highest BCUT2D eigenvalue weighted by Crippen LogP contribution is 2.32. The minimum Gasteiger partial charge on any atom is -0.377 e. The van der Waals surface area contributed by atoms with Gasteiger partial charge >= 0.3 is 0 Å². The third-order valence-corrected chi connectivity index (χ3v) is 5.45. The molecule has 0 spiro atoms. The van der Waals surface area contributed by atoms with Gasteiger partial charge in [0, 0.05) is 38.7 Å². The number of fused-ring (bicyclic) bond motifs is 1. The summed E-state index contributed by atoms with van der Waals surface area (Å²) in [4.78, 5) is 9.79. The Bertz CT molecular complexity index is 1020. The number of benzene rings is 1. The van der Waals surface area contributed by atoms with Crippen molar-refractivity contribution in [3.05, 3.63) is 47.8 Å². The molecule has 0 aliphatic rings. The highest BCUT2D eigenvalue weighted by molar-refractivity contribution is 5.89. The van der Waals surface area contributed by atoms with Crippen LogP contribution in [0.3, 0.4) is 0 Å². The summed E-state index contributed by atoms with van der Waals surface area (Å²) in [7, 11) is 3.98. The van der Waals surface area contributed by atoms with Gasteiger partial charge in [0.05, 0.1) is 12.1 Å². The number of hydrogen-bond acceptors (Lipinski definition) is 5. The number of pyridine rings is 1. The molecule has 0 aliphatic heterocycles. The van der Waals surface area contributed by atoms with Crippen LogP contribution in [0.5, 0.6) is 0 Å². The van der Waals surface area contributed by atoms with Crippen LogP contribution in [0.25, 0.3) is 11.0 Å². The minimum atomic E-state index is -0.104. The quantitative estimate of drug-likeness (QED) is 0.393. The lowest BCUT2D eigenvalue weighted by Gasteiger charge is -2.33. The standard InChI is InChI=1S/C26H39N5O/c1-25(2,3)18-26(4,5)30-24-23-20(16-21(27-6)28-24)31(7)22(29-23)14-11-15-32-17-19-12-9-8-10-13-19/h8-10,12-13,16H,11,14-15,17-18H2,1-7H3,(H2,27,28,30). The van der Waals surface area contributed by atoms with E-state index in [4.69, 9.17) is 14.7 Å². The number of aryl methyl sites for hydroxylation is 2. The first-order chi connectivity index (χ1) is 15.1. The van der Waals surface area contributed by atoms with Gasteiger partial charge in [-0.2, -0.15) is 0 Å². The van der Waals surface area contributed by atoms with Crippen molar-refractivity contribution in [3.8, 4) is 0 Å². The predicted octanol–water partition coefficient (Wildman–Crippen LogP) is 5.79. The molecule has 0 amide bonds. The van der Waals surface area contributed by atoms with E-state index in [1.54, 1.807) is 0 Å². The van der Waals surface area contributed by atoms with Gasteiger partial charge < -0.3 is 19.9 Å². The van der Waals surface area contributed by atoms with Crippen molar-refractivity contribution in [2.24, 2.45) is 12.5 Å². The Kier molecular flexibility index (Phi) is 7.44. The molecule has 32 heavy (non-hydrogen) atoms. The van der Waals surface area contributed by atoms with Gasteiger partial charge in [-0.1, -0.05) is 51.1 Å². The van der Waals surface area contributed by atoms with E-state index >= 15 is 0 Å². The summed E-state index contributed by atoms with van der Waals surface area (Å²) < 4.78 is 8.03. The van der Waals surface area contributed by atoms with Gasteiger partial charge in [-0.05, 0) is 37.7 Å². The number of imidazole rings is 1. The summed E-state index contributed by atoms with van der Waals surface area (Å²) in [6.45, 7) is 12.6. The summed E-state index contributed by atoms with van der Waals surface area (Å²) in [5, 5.41) is 6.87. The van der Waals surface area contributed by atoms with Crippen LogP contribution in [0.2, 0.25) is 0 Å². The zero-order chi connectivity index (χ0) is 23.4. The fourth-order valence-corrected chi connectivity index (χ4v) is 4.46. The van der Waals surface area contributed by atoms with Crippen LogP contribution in [0.4, 0.5) is 11.6 Å². The first-order valence-corrected chi connectivity index (χ1v) is 11.5. The molecule has 0 saturated heterocycles. The second-order valence-electron chi connectivity index (χ2n) is 10.4. The molecule has 0 saturated carbocycles. The number of nitrogens with zero attached hydrogens (tertiary/aromatic N) is 3. The topological polar surface area (TPSA) is 64.0 Å². The van der Waals surface area contributed by atoms with E-state index in [0.717, 1.165) is 47.8 Å². The molecule has 1 aromatic carbocycles. The van der Waals surface area contributed by atoms with Gasteiger partial charge in [-0.3, -0.25) is 0 Å². The van der Waals surface area contributed by atoms with Crippen molar-refractivity contribution in [2.75, 3.05) is 24.3 Å². The second-order valence-corrected chi connectivity index (χ2v) is 10.4. The first-order valence-electron chi connectivity index (χ1n) is 11.5. The third kappa shape index (κ3) is 6.45. The minimum absolute atomic E-state index is 0.104. The van der Waals surface area contributed by atoms with E-state index in [-0.39, 0.29) is 11.0 Å². The molecule has 174 valence electrons. The number of ether oxygens (including phenoxy) is 1. The molecule has 3 aromatic rings. The maximum Gasteiger partial charge on any atom is 0.157 e. The molecule has 0 unspecified atom stereocenters. The van der Waals surface area contributed by atoms with Crippen LogP contribution in [0, 0.1) is 5.41 Å². The summed E-state index contributed by atoms with van der Waals surface area (Å²) in [5.41, 5.74) is 3.32. The third-order valence-electron chi connectivity index (χ3n) is 5.45. The molecule has 6 nitrogen and oxygen atoms in total. The van der Waals surface area contributed by atoms with Crippen LogP contribution < -0.4 is 10.6 Å². The number of hydrogen-bond donors (Lipinski definition) is 2. The molecule has 3 rings (SSSR count). The lowest BCUT2D eigenvalue weighted by atomic mass is 9.82. The summed E-state index contributed by atoms with van der Waals surface area (Å²) in [6, 6.07) is 12.4. The molecule has 0 bridgehead atoms. The van der Waals surface area contributed by atoms with Gasteiger partial charge in [0.2, 0.25) is 0 Å². The van der Waals surface area contributed by atoms with Crippen molar-refractivity contribution in [2.45, 2.75) is 66.0 Å². The van der Waals surface area contributed by atoms with Crippen LogP contribution in [-0.4, -0.2) is 33.7 Å². The highest BCUT2D eigenvalue weighted by atomic mass is 16.5.